The van der Waals surface area contributed by atoms with E-state index in [1.165, 1.54) is 11.3 Å². The third-order valence-corrected chi connectivity index (χ3v) is 5.75. The molecule has 3 rings (SSSR count). The maximum Gasteiger partial charge on any atom is 0.184 e. The predicted molar refractivity (Wildman–Crippen MR) is 97.7 cm³/mol. The largest absolute Gasteiger partial charge is 0.211 e. The fourth-order valence-electron chi connectivity index (χ4n) is 2.09. The molecule has 0 aliphatic carbocycles. The summed E-state index contributed by atoms with van der Waals surface area (Å²) >= 11 is 8.63. The van der Waals surface area contributed by atoms with Gasteiger partial charge in [-0.25, -0.2) is 4.68 Å². The number of rotatable bonds is 4. The Bertz CT molecular complexity index is 917. The summed E-state index contributed by atoms with van der Waals surface area (Å²) in [6.45, 7) is 2.06. The highest BCUT2D eigenvalue weighted by molar-refractivity contribution is 8.00. The number of aryl methyl sites for hydroxylation is 1. The molecular weight excluding hydrogens is 342 g/mol. The van der Waals surface area contributed by atoms with E-state index in [9.17, 15) is 0 Å². The first-order valence-electron chi connectivity index (χ1n) is 6.95. The van der Waals surface area contributed by atoms with Crippen LogP contribution in [0, 0.1) is 22.2 Å². The van der Waals surface area contributed by atoms with Gasteiger partial charge in [-0.15, -0.1) is 5.10 Å². The van der Waals surface area contributed by atoms with Crippen molar-refractivity contribution in [1.29, 1.82) is 5.26 Å². The second-order valence-electron chi connectivity index (χ2n) is 4.93. The molecule has 2 aromatic carbocycles. The van der Waals surface area contributed by atoms with Crippen molar-refractivity contribution in [3.63, 3.8) is 0 Å². The maximum absolute atomic E-state index is 8.82. The Morgan fingerprint density at radius 3 is 2.65 bits per heavy atom. The average Bonchev–Trinajstić information content (AvgIpc) is 2.94. The minimum Gasteiger partial charge on any atom is -0.211 e. The zero-order valence-electron chi connectivity index (χ0n) is 12.4. The van der Waals surface area contributed by atoms with Crippen molar-refractivity contribution in [3.05, 3.63) is 69.2 Å². The van der Waals surface area contributed by atoms with E-state index in [-0.39, 0.29) is 0 Å². The van der Waals surface area contributed by atoms with Gasteiger partial charge in [-0.1, -0.05) is 53.4 Å². The van der Waals surface area contributed by atoms with Crippen LogP contribution >= 0.6 is 35.3 Å². The Morgan fingerprint density at radius 2 is 1.96 bits per heavy atom. The number of nitrogens with zero attached hydrogens (tertiary/aromatic N) is 3. The van der Waals surface area contributed by atoms with Gasteiger partial charge in [0.25, 0.3) is 0 Å². The number of benzene rings is 2. The highest BCUT2D eigenvalue weighted by Gasteiger charge is 2.08. The van der Waals surface area contributed by atoms with Gasteiger partial charge in [0.05, 0.1) is 17.3 Å². The molecule has 3 aromatic rings. The smallest absolute Gasteiger partial charge is 0.184 e. The third-order valence-electron chi connectivity index (χ3n) is 3.32. The van der Waals surface area contributed by atoms with Crippen LogP contribution in [-0.2, 0) is 5.75 Å². The van der Waals surface area contributed by atoms with E-state index < -0.39 is 0 Å². The molecule has 114 valence electrons. The maximum atomic E-state index is 8.82. The summed E-state index contributed by atoms with van der Waals surface area (Å²) in [5.74, 6) is 0.807. The monoisotopic (exact) mass is 355 g/mol. The Kier molecular flexibility index (Phi) is 4.91. The second-order valence-corrected chi connectivity index (χ2v) is 7.77. The zero-order valence-corrected chi connectivity index (χ0v) is 14.8. The van der Waals surface area contributed by atoms with Crippen LogP contribution in [0.2, 0.25) is 0 Å². The van der Waals surface area contributed by atoms with Crippen molar-refractivity contribution in [2.75, 3.05) is 0 Å². The van der Waals surface area contributed by atoms with Crippen LogP contribution in [0.4, 0.5) is 0 Å². The summed E-state index contributed by atoms with van der Waals surface area (Å²) in [6.07, 6.45) is 0. The summed E-state index contributed by atoms with van der Waals surface area (Å²) in [5.41, 5.74) is 4.02. The number of para-hydroxylation sites is 1. The molecule has 0 fully saturated rings. The van der Waals surface area contributed by atoms with Gasteiger partial charge in [0.15, 0.2) is 8.29 Å². The van der Waals surface area contributed by atoms with Gasteiger partial charge in [-0.3, -0.25) is 0 Å². The normalized spacial score (nSPS) is 10.4. The van der Waals surface area contributed by atoms with Crippen LogP contribution in [0.5, 0.6) is 0 Å². The zero-order chi connectivity index (χ0) is 16.2. The van der Waals surface area contributed by atoms with E-state index in [1.807, 2.05) is 47.1 Å². The SMILES string of the molecule is Cc1ccccc1-n1nc(SCc2ccc(C#N)cc2)sc1=S. The van der Waals surface area contributed by atoms with Gasteiger partial charge in [0, 0.05) is 5.75 Å². The van der Waals surface area contributed by atoms with Crippen molar-refractivity contribution < 1.29 is 0 Å². The lowest BCUT2D eigenvalue weighted by atomic mass is 10.2. The van der Waals surface area contributed by atoms with Crippen LogP contribution < -0.4 is 0 Å². The van der Waals surface area contributed by atoms with E-state index >= 15 is 0 Å². The fourth-order valence-corrected chi connectivity index (χ4v) is 4.40. The fraction of sp³-hybridized carbons (Fsp3) is 0.118. The molecule has 0 atom stereocenters. The van der Waals surface area contributed by atoms with Crippen LogP contribution in [0.15, 0.2) is 52.9 Å². The van der Waals surface area contributed by atoms with Crippen LogP contribution in [0.25, 0.3) is 5.69 Å². The highest BCUT2D eigenvalue weighted by atomic mass is 32.2. The van der Waals surface area contributed by atoms with Crippen molar-refractivity contribution in [2.45, 2.75) is 17.0 Å². The van der Waals surface area contributed by atoms with Gasteiger partial charge in [-0.05, 0) is 48.5 Å². The van der Waals surface area contributed by atoms with Crippen LogP contribution in [0.3, 0.4) is 0 Å². The van der Waals surface area contributed by atoms with Crippen molar-refractivity contribution in [1.82, 2.24) is 9.78 Å². The van der Waals surface area contributed by atoms with E-state index in [2.05, 4.69) is 24.2 Å². The quantitative estimate of drug-likeness (QED) is 0.480. The first kappa shape index (κ1) is 15.9. The first-order chi connectivity index (χ1) is 11.2. The lowest BCUT2D eigenvalue weighted by Gasteiger charge is -2.04. The van der Waals surface area contributed by atoms with Crippen molar-refractivity contribution >= 4 is 35.3 Å². The minimum atomic E-state index is 0.679. The number of thioether (sulfide) groups is 1. The standard InChI is InChI=1S/C17H13N3S3/c1-12-4-2-3-5-15(12)20-17(21)23-16(19-20)22-11-14-8-6-13(10-18)7-9-14/h2-9H,11H2,1H3. The van der Waals surface area contributed by atoms with Crippen LogP contribution in [-0.4, -0.2) is 9.78 Å². The van der Waals surface area contributed by atoms with Gasteiger partial charge in [0.2, 0.25) is 0 Å². The Hall–Kier alpha value is -1.94. The van der Waals surface area contributed by atoms with E-state index in [1.54, 1.807) is 11.8 Å². The van der Waals surface area contributed by atoms with Gasteiger partial charge < -0.3 is 0 Å². The molecule has 0 radical (unpaired) electrons. The van der Waals surface area contributed by atoms with Crippen LogP contribution in [0.1, 0.15) is 16.7 Å². The number of hydrogen-bond acceptors (Lipinski definition) is 5. The minimum absolute atomic E-state index is 0.679. The van der Waals surface area contributed by atoms with E-state index in [4.69, 9.17) is 17.5 Å². The molecule has 0 bridgehead atoms. The lowest BCUT2D eigenvalue weighted by molar-refractivity contribution is 0.823. The van der Waals surface area contributed by atoms with Gasteiger partial charge >= 0.3 is 0 Å². The second kappa shape index (κ2) is 7.09. The number of nitriles is 1. The topological polar surface area (TPSA) is 41.6 Å². The average molecular weight is 356 g/mol. The molecule has 0 saturated heterocycles. The molecule has 0 aliphatic rings. The van der Waals surface area contributed by atoms with Gasteiger partial charge in [0.1, 0.15) is 0 Å². The molecule has 0 spiro atoms. The summed E-state index contributed by atoms with van der Waals surface area (Å²) in [5, 5.41) is 13.5. The molecule has 1 heterocycles. The molecule has 0 saturated carbocycles. The Labute approximate surface area is 148 Å². The molecule has 3 nitrogen and oxygen atoms in total. The highest BCUT2D eigenvalue weighted by Crippen LogP contribution is 2.27. The number of aromatic nitrogens is 2. The van der Waals surface area contributed by atoms with Crippen molar-refractivity contribution in [2.24, 2.45) is 0 Å². The molecule has 0 unspecified atom stereocenters. The van der Waals surface area contributed by atoms with E-state index in [0.717, 1.165) is 30.9 Å². The summed E-state index contributed by atoms with van der Waals surface area (Å²) in [4.78, 5) is 0. The third kappa shape index (κ3) is 3.70. The summed E-state index contributed by atoms with van der Waals surface area (Å²) < 4.78 is 3.53. The molecule has 6 heteroatoms. The lowest BCUT2D eigenvalue weighted by Crippen LogP contribution is -1.98. The summed E-state index contributed by atoms with van der Waals surface area (Å²) in [7, 11) is 0. The first-order valence-corrected chi connectivity index (χ1v) is 9.16. The molecule has 0 amide bonds. The molecule has 1 aromatic heterocycles. The van der Waals surface area contributed by atoms with E-state index in [0.29, 0.717) is 5.56 Å². The molecular formula is C17H13N3S3. The number of hydrogen-bond donors (Lipinski definition) is 0. The predicted octanol–water partition coefficient (Wildman–Crippen LogP) is 5.14. The Balaban J connectivity index is 1.77. The van der Waals surface area contributed by atoms with Gasteiger partial charge in [-0.2, -0.15) is 5.26 Å². The molecule has 23 heavy (non-hydrogen) atoms. The molecule has 0 N–H and O–H groups in total. The molecule has 0 aliphatic heterocycles. The summed E-state index contributed by atoms with van der Waals surface area (Å²) in [6, 6.07) is 17.8. The Morgan fingerprint density at radius 1 is 1.22 bits per heavy atom. The van der Waals surface area contributed by atoms with Crippen molar-refractivity contribution in [3.8, 4) is 11.8 Å².